The third-order valence-corrected chi connectivity index (χ3v) is 11.0. The van der Waals surface area contributed by atoms with Crippen molar-refractivity contribution in [2.24, 2.45) is 0 Å². The fourth-order valence-electron chi connectivity index (χ4n) is 8.68. The van der Waals surface area contributed by atoms with Crippen molar-refractivity contribution in [3.63, 3.8) is 0 Å². The summed E-state index contributed by atoms with van der Waals surface area (Å²) in [6, 6.07) is 63.1. The first-order valence-corrected chi connectivity index (χ1v) is 17.3. The number of rotatable bonds is 3. The van der Waals surface area contributed by atoms with Gasteiger partial charge in [-0.3, -0.25) is 0 Å². The van der Waals surface area contributed by atoms with Crippen LogP contribution in [0.3, 0.4) is 0 Å². The van der Waals surface area contributed by atoms with Gasteiger partial charge in [0.1, 0.15) is 0 Å². The van der Waals surface area contributed by atoms with E-state index in [1.165, 1.54) is 98.7 Å². The summed E-state index contributed by atoms with van der Waals surface area (Å²) in [5, 5.41) is 10.4. The lowest BCUT2D eigenvalue weighted by Gasteiger charge is -2.22. The van der Waals surface area contributed by atoms with E-state index >= 15 is 0 Å². The molecule has 10 rings (SSSR count). The van der Waals surface area contributed by atoms with Gasteiger partial charge in [-0.2, -0.15) is 0 Å². The van der Waals surface area contributed by atoms with Gasteiger partial charge in [0.15, 0.2) is 0 Å². The molecule has 0 spiro atoms. The molecular formula is C49H34. The molecule has 0 radical (unpaired) electrons. The Balaban J connectivity index is 1.16. The quantitative estimate of drug-likeness (QED) is 0.136. The average molecular weight is 623 g/mol. The molecule has 0 heterocycles. The van der Waals surface area contributed by atoms with Gasteiger partial charge >= 0.3 is 0 Å². The van der Waals surface area contributed by atoms with Crippen molar-refractivity contribution >= 4 is 43.1 Å². The first kappa shape index (κ1) is 28.1. The zero-order valence-corrected chi connectivity index (χ0v) is 27.7. The van der Waals surface area contributed by atoms with Crippen LogP contribution in [0.15, 0.2) is 170 Å². The highest BCUT2D eigenvalue weighted by Crippen LogP contribution is 2.52. The predicted molar refractivity (Wildman–Crippen MR) is 210 cm³/mol. The van der Waals surface area contributed by atoms with Crippen LogP contribution in [0.2, 0.25) is 0 Å². The van der Waals surface area contributed by atoms with Crippen LogP contribution >= 0.6 is 0 Å². The minimum Gasteiger partial charge on any atom is -0.0622 e. The van der Waals surface area contributed by atoms with Gasteiger partial charge in [-0.25, -0.2) is 0 Å². The number of hydrogen-bond donors (Lipinski definition) is 0. The molecule has 230 valence electrons. The Hall–Kier alpha value is -5.98. The maximum atomic E-state index is 2.44. The van der Waals surface area contributed by atoms with Gasteiger partial charge in [-0.15, -0.1) is 0 Å². The van der Waals surface area contributed by atoms with Gasteiger partial charge in [0.25, 0.3) is 0 Å². The maximum Gasteiger partial charge on any atom is 0.0159 e. The molecule has 0 N–H and O–H groups in total. The van der Waals surface area contributed by atoms with E-state index in [0.29, 0.717) is 0 Å². The largest absolute Gasteiger partial charge is 0.0622 e. The Morgan fingerprint density at radius 2 is 0.878 bits per heavy atom. The number of fused-ring (bicyclic) bond motifs is 9. The molecular weight excluding hydrogens is 589 g/mol. The Kier molecular flexibility index (Phi) is 6.02. The molecule has 0 aliphatic heterocycles. The van der Waals surface area contributed by atoms with E-state index in [1.807, 2.05) is 0 Å². The van der Waals surface area contributed by atoms with Crippen LogP contribution in [-0.4, -0.2) is 0 Å². The molecule has 1 aliphatic rings. The van der Waals surface area contributed by atoms with E-state index in [2.05, 4.69) is 184 Å². The maximum absolute atomic E-state index is 2.44. The minimum absolute atomic E-state index is 0.0654. The highest BCUT2D eigenvalue weighted by Gasteiger charge is 2.36. The van der Waals surface area contributed by atoms with Crippen molar-refractivity contribution in [1.82, 2.24) is 0 Å². The van der Waals surface area contributed by atoms with Crippen LogP contribution in [0.25, 0.3) is 87.6 Å². The molecule has 9 aromatic carbocycles. The van der Waals surface area contributed by atoms with E-state index in [9.17, 15) is 0 Å². The van der Waals surface area contributed by atoms with Gasteiger partial charge < -0.3 is 0 Å². The second kappa shape index (κ2) is 10.5. The third kappa shape index (κ3) is 4.11. The van der Waals surface area contributed by atoms with Crippen molar-refractivity contribution in [2.45, 2.75) is 19.3 Å². The standard InChI is InChI=1S/C49H34/c1-49(2)43-29-26-33-13-6-8-16-37(33)47(43)41-27-25-36(30-44(41)49)31-20-22-35(23-21-31)46-40-19-11-10-18-39(40)45(34-14-4-3-5-15-34)42-28-24-32-12-7-9-17-38(32)48(42)46/h3-30H,1-2H3. The third-order valence-electron chi connectivity index (χ3n) is 11.0. The van der Waals surface area contributed by atoms with Gasteiger partial charge in [-0.05, 0) is 105 Å². The molecule has 0 heteroatoms. The molecule has 1 aliphatic carbocycles. The SMILES string of the molecule is CC1(C)c2cc(-c3ccc(-c4c5ccccc5c(-c5ccccc5)c5ccc6ccccc6c45)cc3)ccc2-c2c1ccc1ccccc21. The normalized spacial score (nSPS) is 13.3. The van der Waals surface area contributed by atoms with Crippen molar-refractivity contribution in [3.05, 3.63) is 181 Å². The summed E-state index contributed by atoms with van der Waals surface area (Å²) in [6.45, 7) is 4.75. The molecule has 0 bridgehead atoms. The number of hydrogen-bond acceptors (Lipinski definition) is 0. The van der Waals surface area contributed by atoms with Crippen LogP contribution in [0.4, 0.5) is 0 Å². The van der Waals surface area contributed by atoms with E-state index in [4.69, 9.17) is 0 Å². The van der Waals surface area contributed by atoms with Gasteiger partial charge in [-0.1, -0.05) is 178 Å². The second-order valence-electron chi connectivity index (χ2n) is 14.0. The summed E-state index contributed by atoms with van der Waals surface area (Å²) < 4.78 is 0. The lowest BCUT2D eigenvalue weighted by atomic mass is 9.81. The lowest BCUT2D eigenvalue weighted by molar-refractivity contribution is 0.661. The zero-order chi connectivity index (χ0) is 32.7. The topological polar surface area (TPSA) is 0 Å². The molecule has 9 aromatic rings. The molecule has 0 fully saturated rings. The molecule has 0 atom stereocenters. The highest BCUT2D eigenvalue weighted by atomic mass is 14.4. The molecule has 0 amide bonds. The van der Waals surface area contributed by atoms with Crippen LogP contribution in [0.1, 0.15) is 25.0 Å². The summed E-state index contributed by atoms with van der Waals surface area (Å²) in [7, 11) is 0. The molecule has 0 saturated carbocycles. The van der Waals surface area contributed by atoms with Crippen LogP contribution < -0.4 is 0 Å². The fourth-order valence-corrected chi connectivity index (χ4v) is 8.68. The zero-order valence-electron chi connectivity index (χ0n) is 27.7. The number of benzene rings is 9. The van der Waals surface area contributed by atoms with Crippen molar-refractivity contribution in [1.29, 1.82) is 0 Å². The second-order valence-corrected chi connectivity index (χ2v) is 14.0. The summed E-state index contributed by atoms with van der Waals surface area (Å²) in [5.74, 6) is 0. The van der Waals surface area contributed by atoms with Crippen molar-refractivity contribution in [3.8, 4) is 44.5 Å². The Labute approximate surface area is 286 Å². The fraction of sp³-hybridized carbons (Fsp3) is 0.0612. The van der Waals surface area contributed by atoms with Gasteiger partial charge in [0.2, 0.25) is 0 Å². The first-order valence-electron chi connectivity index (χ1n) is 17.3. The first-order chi connectivity index (χ1) is 24.1. The molecule has 0 unspecified atom stereocenters. The summed E-state index contributed by atoms with van der Waals surface area (Å²) in [6.07, 6.45) is 0. The van der Waals surface area contributed by atoms with Crippen LogP contribution in [0.5, 0.6) is 0 Å². The minimum atomic E-state index is -0.0654. The predicted octanol–water partition coefficient (Wildman–Crippen LogP) is 13.6. The average Bonchev–Trinajstić information content (AvgIpc) is 3.39. The van der Waals surface area contributed by atoms with Gasteiger partial charge in [0, 0.05) is 5.41 Å². The van der Waals surface area contributed by atoms with Crippen molar-refractivity contribution in [2.75, 3.05) is 0 Å². The van der Waals surface area contributed by atoms with E-state index in [1.54, 1.807) is 0 Å². The Bertz CT molecular complexity index is 2760. The molecule has 0 saturated heterocycles. The van der Waals surface area contributed by atoms with E-state index in [0.717, 1.165) is 0 Å². The molecule has 0 nitrogen and oxygen atoms in total. The van der Waals surface area contributed by atoms with Gasteiger partial charge in [0.05, 0.1) is 0 Å². The summed E-state index contributed by atoms with van der Waals surface area (Å²) >= 11 is 0. The highest BCUT2D eigenvalue weighted by molar-refractivity contribution is 6.27. The molecule has 49 heavy (non-hydrogen) atoms. The van der Waals surface area contributed by atoms with E-state index < -0.39 is 0 Å². The van der Waals surface area contributed by atoms with Crippen LogP contribution in [0, 0.1) is 0 Å². The van der Waals surface area contributed by atoms with Crippen LogP contribution in [-0.2, 0) is 5.41 Å². The smallest absolute Gasteiger partial charge is 0.0159 e. The van der Waals surface area contributed by atoms with Crippen molar-refractivity contribution < 1.29 is 0 Å². The Morgan fingerprint density at radius 3 is 1.63 bits per heavy atom. The lowest BCUT2D eigenvalue weighted by Crippen LogP contribution is -2.15. The summed E-state index contributed by atoms with van der Waals surface area (Å²) in [5.41, 5.74) is 13.1. The van der Waals surface area contributed by atoms with E-state index in [-0.39, 0.29) is 5.41 Å². The summed E-state index contributed by atoms with van der Waals surface area (Å²) in [4.78, 5) is 0. The Morgan fingerprint density at radius 1 is 0.327 bits per heavy atom. The molecule has 0 aromatic heterocycles. The monoisotopic (exact) mass is 622 g/mol.